The first-order chi connectivity index (χ1) is 9.56. The van der Waals surface area contributed by atoms with Gasteiger partial charge in [0, 0.05) is 18.7 Å². The molecule has 110 valence electrons. The topological polar surface area (TPSA) is 64.0 Å². The third-order valence-corrected chi connectivity index (χ3v) is 3.71. The maximum atomic E-state index is 12.1. The van der Waals surface area contributed by atoms with E-state index >= 15 is 0 Å². The van der Waals surface area contributed by atoms with E-state index in [0.29, 0.717) is 12.1 Å². The lowest BCUT2D eigenvalue weighted by atomic mass is 10.1. The van der Waals surface area contributed by atoms with Gasteiger partial charge in [0.25, 0.3) is 0 Å². The van der Waals surface area contributed by atoms with Crippen molar-refractivity contribution < 1.29 is 15.0 Å². The fourth-order valence-corrected chi connectivity index (χ4v) is 2.43. The van der Waals surface area contributed by atoms with E-state index in [0.717, 1.165) is 26.2 Å². The maximum Gasteiger partial charge on any atom is 0.176 e. The number of likely N-dealkylation sites (tertiary alicyclic amines) is 1. The zero-order valence-electron chi connectivity index (χ0n) is 11.9. The first-order valence-electron chi connectivity index (χ1n) is 7.02. The van der Waals surface area contributed by atoms with Crippen LogP contribution in [0.15, 0.2) is 18.2 Å². The Hall–Kier alpha value is -1.59. The van der Waals surface area contributed by atoms with Crippen LogP contribution in [0.25, 0.3) is 0 Å². The Morgan fingerprint density at radius 1 is 1.25 bits per heavy atom. The molecule has 2 rings (SSSR count). The summed E-state index contributed by atoms with van der Waals surface area (Å²) in [6, 6.07) is 4.18. The summed E-state index contributed by atoms with van der Waals surface area (Å²) in [6.45, 7) is 4.49. The molecule has 1 heterocycles. The van der Waals surface area contributed by atoms with Crippen LogP contribution in [0.4, 0.5) is 0 Å². The number of phenolic OH excluding ortho intramolecular Hbond substituents is 2. The molecule has 0 aromatic heterocycles. The highest BCUT2D eigenvalue weighted by atomic mass is 16.3. The normalized spacial score (nSPS) is 15.9. The number of benzene rings is 1. The van der Waals surface area contributed by atoms with Crippen LogP contribution in [0.3, 0.4) is 0 Å². The van der Waals surface area contributed by atoms with Crippen molar-refractivity contribution in [3.8, 4) is 11.5 Å². The van der Waals surface area contributed by atoms with Crippen LogP contribution < -0.4 is 0 Å². The average molecular weight is 278 g/mol. The molecule has 0 atom stereocenters. The molecule has 1 saturated heterocycles. The van der Waals surface area contributed by atoms with E-state index in [4.69, 9.17) is 0 Å². The SMILES string of the molecule is CN(CCN1CCCC1)CC(=O)c1ccc(O)c(O)c1. The predicted octanol–water partition coefficient (Wildman–Crippen LogP) is 1.31. The van der Waals surface area contributed by atoms with Crippen molar-refractivity contribution >= 4 is 5.78 Å². The van der Waals surface area contributed by atoms with E-state index in [-0.39, 0.29) is 17.3 Å². The van der Waals surface area contributed by atoms with Gasteiger partial charge in [-0.05, 0) is 51.2 Å². The van der Waals surface area contributed by atoms with E-state index < -0.39 is 0 Å². The van der Waals surface area contributed by atoms with Gasteiger partial charge in [-0.2, -0.15) is 0 Å². The third kappa shape index (κ3) is 3.95. The van der Waals surface area contributed by atoms with Gasteiger partial charge in [-0.3, -0.25) is 9.69 Å². The van der Waals surface area contributed by atoms with Crippen LogP contribution in [-0.4, -0.2) is 65.6 Å². The number of rotatable bonds is 6. The zero-order chi connectivity index (χ0) is 14.5. The third-order valence-electron chi connectivity index (χ3n) is 3.71. The molecule has 0 unspecified atom stereocenters. The Morgan fingerprint density at radius 3 is 2.60 bits per heavy atom. The first-order valence-corrected chi connectivity index (χ1v) is 7.02. The van der Waals surface area contributed by atoms with Gasteiger partial charge in [0.05, 0.1) is 6.54 Å². The number of phenols is 2. The molecule has 1 aliphatic heterocycles. The van der Waals surface area contributed by atoms with E-state index in [9.17, 15) is 15.0 Å². The van der Waals surface area contributed by atoms with Gasteiger partial charge < -0.3 is 15.1 Å². The highest BCUT2D eigenvalue weighted by Gasteiger charge is 2.14. The molecule has 1 aromatic rings. The molecule has 0 saturated carbocycles. The summed E-state index contributed by atoms with van der Waals surface area (Å²) < 4.78 is 0. The van der Waals surface area contributed by atoms with E-state index in [2.05, 4.69) is 4.90 Å². The van der Waals surface area contributed by atoms with Crippen molar-refractivity contribution in [2.45, 2.75) is 12.8 Å². The van der Waals surface area contributed by atoms with Crippen LogP contribution in [0, 0.1) is 0 Å². The Morgan fingerprint density at radius 2 is 1.95 bits per heavy atom. The Labute approximate surface area is 119 Å². The van der Waals surface area contributed by atoms with Gasteiger partial charge in [-0.25, -0.2) is 0 Å². The fourth-order valence-electron chi connectivity index (χ4n) is 2.43. The quantitative estimate of drug-likeness (QED) is 0.607. The molecule has 2 N–H and O–H groups in total. The minimum Gasteiger partial charge on any atom is -0.504 e. The van der Waals surface area contributed by atoms with E-state index in [1.54, 1.807) is 0 Å². The minimum atomic E-state index is -0.254. The van der Waals surface area contributed by atoms with Crippen molar-refractivity contribution in [2.75, 3.05) is 39.8 Å². The smallest absolute Gasteiger partial charge is 0.176 e. The highest BCUT2D eigenvalue weighted by Crippen LogP contribution is 2.25. The van der Waals surface area contributed by atoms with E-state index in [1.165, 1.54) is 31.0 Å². The second-order valence-electron chi connectivity index (χ2n) is 5.41. The van der Waals surface area contributed by atoms with Crippen molar-refractivity contribution in [1.82, 2.24) is 9.80 Å². The molecule has 5 heteroatoms. The Balaban J connectivity index is 1.81. The molecular formula is C15H22N2O3. The van der Waals surface area contributed by atoms with Gasteiger partial charge in [0.15, 0.2) is 17.3 Å². The summed E-state index contributed by atoms with van der Waals surface area (Å²) in [7, 11) is 1.92. The molecule has 0 amide bonds. The van der Waals surface area contributed by atoms with Gasteiger partial charge in [-0.1, -0.05) is 0 Å². The number of carbonyl (C=O) groups is 1. The number of carbonyl (C=O) groups excluding carboxylic acids is 1. The zero-order valence-corrected chi connectivity index (χ0v) is 11.9. The van der Waals surface area contributed by atoms with Crippen LogP contribution in [0.1, 0.15) is 23.2 Å². The number of hydrogen-bond acceptors (Lipinski definition) is 5. The van der Waals surface area contributed by atoms with Crippen molar-refractivity contribution in [3.63, 3.8) is 0 Å². The summed E-state index contributed by atoms with van der Waals surface area (Å²) in [4.78, 5) is 16.5. The molecule has 1 fully saturated rings. The molecule has 0 bridgehead atoms. The van der Waals surface area contributed by atoms with Gasteiger partial charge in [0.2, 0.25) is 0 Å². The number of hydrogen-bond donors (Lipinski definition) is 2. The highest BCUT2D eigenvalue weighted by molar-refractivity contribution is 5.98. The Bertz CT molecular complexity index is 470. The predicted molar refractivity (Wildman–Crippen MR) is 77.3 cm³/mol. The summed E-state index contributed by atoms with van der Waals surface area (Å²) >= 11 is 0. The molecule has 5 nitrogen and oxygen atoms in total. The van der Waals surface area contributed by atoms with Crippen molar-refractivity contribution in [3.05, 3.63) is 23.8 Å². The number of ketones is 1. The van der Waals surface area contributed by atoms with Crippen LogP contribution in [0.2, 0.25) is 0 Å². The number of likely N-dealkylation sites (N-methyl/N-ethyl adjacent to an activating group) is 1. The van der Waals surface area contributed by atoms with Crippen molar-refractivity contribution in [2.24, 2.45) is 0 Å². The monoisotopic (exact) mass is 278 g/mol. The number of Topliss-reactive ketones (excluding diaryl/α,β-unsaturated/α-hetero) is 1. The Kier molecular flexibility index (Phi) is 4.98. The lowest BCUT2D eigenvalue weighted by Gasteiger charge is -2.20. The second kappa shape index (κ2) is 6.72. The lowest BCUT2D eigenvalue weighted by molar-refractivity contribution is 0.0940. The van der Waals surface area contributed by atoms with Gasteiger partial charge in [0.1, 0.15) is 0 Å². The number of nitrogens with zero attached hydrogens (tertiary/aromatic N) is 2. The molecule has 1 aliphatic rings. The molecular weight excluding hydrogens is 256 g/mol. The first kappa shape index (κ1) is 14.8. The average Bonchev–Trinajstić information content (AvgIpc) is 2.92. The second-order valence-corrected chi connectivity index (χ2v) is 5.41. The lowest BCUT2D eigenvalue weighted by Crippen LogP contribution is -2.34. The van der Waals surface area contributed by atoms with Crippen LogP contribution >= 0.6 is 0 Å². The molecule has 0 aliphatic carbocycles. The minimum absolute atomic E-state index is 0.0516. The molecule has 0 radical (unpaired) electrons. The van der Waals surface area contributed by atoms with E-state index in [1.807, 2.05) is 11.9 Å². The summed E-state index contributed by atoms with van der Waals surface area (Å²) in [5.41, 5.74) is 0.424. The van der Waals surface area contributed by atoms with Crippen molar-refractivity contribution in [1.29, 1.82) is 0 Å². The molecule has 1 aromatic carbocycles. The van der Waals surface area contributed by atoms with Crippen LogP contribution in [-0.2, 0) is 0 Å². The summed E-state index contributed by atoms with van der Waals surface area (Å²) in [6.07, 6.45) is 2.55. The van der Waals surface area contributed by atoms with Gasteiger partial charge in [-0.15, -0.1) is 0 Å². The van der Waals surface area contributed by atoms with Gasteiger partial charge >= 0.3 is 0 Å². The largest absolute Gasteiger partial charge is 0.504 e. The molecule has 20 heavy (non-hydrogen) atoms. The summed E-state index contributed by atoms with van der Waals surface area (Å²) in [5, 5.41) is 18.6. The summed E-state index contributed by atoms with van der Waals surface area (Å²) in [5.74, 6) is -0.510. The van der Waals surface area contributed by atoms with Crippen LogP contribution in [0.5, 0.6) is 11.5 Å². The standard InChI is InChI=1S/C15H22N2O3/c1-16(8-9-17-6-2-3-7-17)11-15(20)12-4-5-13(18)14(19)10-12/h4-5,10,18-19H,2-3,6-9,11H2,1H3. The fraction of sp³-hybridized carbons (Fsp3) is 0.533. The molecule has 0 spiro atoms. The number of aromatic hydroxyl groups is 2. The maximum absolute atomic E-state index is 12.1.